The fourth-order valence-electron chi connectivity index (χ4n) is 8.13. The number of hydrogen-bond donors (Lipinski definition) is 0. The summed E-state index contributed by atoms with van der Waals surface area (Å²) in [6.07, 6.45) is 0. The summed E-state index contributed by atoms with van der Waals surface area (Å²) in [5, 5.41) is 13.0. The highest BCUT2D eigenvalue weighted by atomic mass is 15.0. The fraction of sp³-hybridized carbons (Fsp3) is 0. The summed E-state index contributed by atoms with van der Waals surface area (Å²) in [5.74, 6) is 1.74. The van der Waals surface area contributed by atoms with E-state index in [1.165, 1.54) is 32.3 Å². The van der Waals surface area contributed by atoms with Gasteiger partial charge in [-0.3, -0.25) is 0 Å². The van der Waals surface area contributed by atoms with Crippen molar-refractivity contribution in [2.45, 2.75) is 0 Å². The summed E-state index contributed by atoms with van der Waals surface area (Å²) < 4.78 is 0. The molecule has 4 nitrogen and oxygen atoms in total. The highest BCUT2D eigenvalue weighted by Gasteiger charge is 2.20. The van der Waals surface area contributed by atoms with Gasteiger partial charge in [-0.05, 0) is 71.7 Å². The molecule has 2 heterocycles. The Bertz CT molecular complexity index is 3240. The number of fused-ring (bicyclic) bond motifs is 10. The lowest BCUT2D eigenvalue weighted by Crippen LogP contribution is -2.02. The molecule has 0 atom stereocenters. The molecule has 0 bridgehead atoms. The summed E-state index contributed by atoms with van der Waals surface area (Å²) in [6, 6.07) is 64.1. The Morgan fingerprint density at radius 2 is 0.796 bits per heavy atom. The maximum Gasteiger partial charge on any atom is 0.182 e. The quantitative estimate of drug-likeness (QED) is 0.173. The molecule has 0 aliphatic rings. The standard InChI is InChI=1S/C50H30N4/c1-2-14-34(15-3-1)48-52-49(45-29-26-33-23-22-32-13-5-7-17-38(32)47(33)51-45)54-50(53-48)46-36-16-6-4-12-31(36)24-27-37(46)35-25-28-43-41-20-9-8-18-39(41)40-19-10-11-21-42(40)44(43)30-35/h1-30H. The van der Waals surface area contributed by atoms with Crippen LogP contribution in [-0.4, -0.2) is 19.9 Å². The predicted molar refractivity (Wildman–Crippen MR) is 224 cm³/mol. The van der Waals surface area contributed by atoms with Gasteiger partial charge < -0.3 is 0 Å². The number of nitrogens with zero attached hydrogens (tertiary/aromatic N) is 4. The van der Waals surface area contributed by atoms with Crippen molar-refractivity contribution in [1.29, 1.82) is 0 Å². The third kappa shape index (κ3) is 4.85. The maximum atomic E-state index is 5.29. The molecule has 0 spiro atoms. The van der Waals surface area contributed by atoms with Crippen molar-refractivity contribution in [1.82, 2.24) is 19.9 Å². The summed E-state index contributed by atoms with van der Waals surface area (Å²) in [7, 11) is 0. The largest absolute Gasteiger partial charge is 0.244 e. The van der Waals surface area contributed by atoms with E-state index in [1.807, 2.05) is 36.4 Å². The van der Waals surface area contributed by atoms with Gasteiger partial charge in [0.2, 0.25) is 0 Å². The zero-order valence-electron chi connectivity index (χ0n) is 29.1. The molecule has 0 unspecified atom stereocenters. The van der Waals surface area contributed by atoms with E-state index < -0.39 is 0 Å². The van der Waals surface area contributed by atoms with Crippen molar-refractivity contribution in [3.05, 3.63) is 182 Å². The molecule has 11 rings (SSSR count). The van der Waals surface area contributed by atoms with Gasteiger partial charge in [-0.15, -0.1) is 0 Å². The molecule has 0 aliphatic heterocycles. The predicted octanol–water partition coefficient (Wildman–Crippen LogP) is 12.9. The molecule has 0 aliphatic carbocycles. The third-order valence-electron chi connectivity index (χ3n) is 10.7. The van der Waals surface area contributed by atoms with Gasteiger partial charge in [-0.1, -0.05) is 170 Å². The number of pyridine rings is 1. The van der Waals surface area contributed by atoms with Crippen molar-refractivity contribution < 1.29 is 0 Å². The van der Waals surface area contributed by atoms with Crippen LogP contribution in [0.2, 0.25) is 0 Å². The second kappa shape index (κ2) is 12.1. The summed E-state index contributed by atoms with van der Waals surface area (Å²) in [6.45, 7) is 0. The van der Waals surface area contributed by atoms with Crippen LogP contribution in [0.5, 0.6) is 0 Å². The number of rotatable bonds is 4. The van der Waals surface area contributed by atoms with Crippen molar-refractivity contribution in [2.75, 3.05) is 0 Å². The van der Waals surface area contributed by atoms with E-state index in [4.69, 9.17) is 19.9 Å². The molecule has 2 aromatic heterocycles. The first kappa shape index (κ1) is 30.3. The lowest BCUT2D eigenvalue weighted by Gasteiger charge is -2.16. The average molecular weight is 687 g/mol. The monoisotopic (exact) mass is 686 g/mol. The SMILES string of the molecule is c1ccc(-c2nc(-c3ccc4ccc5ccccc5c4n3)nc(-c3c(-c4ccc5c6ccccc6c6ccccc6c5c4)ccc4ccccc34)n2)cc1. The van der Waals surface area contributed by atoms with Gasteiger partial charge in [0.1, 0.15) is 5.69 Å². The highest BCUT2D eigenvalue weighted by molar-refractivity contribution is 6.26. The van der Waals surface area contributed by atoms with Crippen LogP contribution in [0.1, 0.15) is 0 Å². The lowest BCUT2D eigenvalue weighted by molar-refractivity contribution is 1.07. The molecule has 9 aromatic carbocycles. The van der Waals surface area contributed by atoms with Gasteiger partial charge in [0.15, 0.2) is 17.5 Å². The van der Waals surface area contributed by atoms with E-state index in [1.54, 1.807) is 0 Å². The first-order chi connectivity index (χ1) is 26.8. The van der Waals surface area contributed by atoms with Crippen LogP contribution in [0.25, 0.3) is 110 Å². The summed E-state index contributed by atoms with van der Waals surface area (Å²) in [4.78, 5) is 20.9. The molecular weight excluding hydrogens is 657 g/mol. The number of benzene rings is 9. The molecule has 250 valence electrons. The molecule has 0 saturated carbocycles. The van der Waals surface area contributed by atoms with Gasteiger partial charge in [0, 0.05) is 21.9 Å². The van der Waals surface area contributed by atoms with E-state index in [0.717, 1.165) is 54.7 Å². The van der Waals surface area contributed by atoms with Crippen LogP contribution in [0.15, 0.2) is 182 Å². The average Bonchev–Trinajstić information content (AvgIpc) is 3.26. The van der Waals surface area contributed by atoms with E-state index in [-0.39, 0.29) is 0 Å². The van der Waals surface area contributed by atoms with Crippen molar-refractivity contribution >= 4 is 64.8 Å². The zero-order valence-corrected chi connectivity index (χ0v) is 29.1. The Balaban J connectivity index is 1.19. The van der Waals surface area contributed by atoms with Gasteiger partial charge in [0.05, 0.1) is 5.52 Å². The molecular formula is C50H30N4. The van der Waals surface area contributed by atoms with Crippen molar-refractivity contribution in [3.63, 3.8) is 0 Å². The second-order valence-electron chi connectivity index (χ2n) is 13.8. The molecule has 0 N–H and O–H groups in total. The van der Waals surface area contributed by atoms with Gasteiger partial charge in [-0.2, -0.15) is 0 Å². The second-order valence-corrected chi connectivity index (χ2v) is 13.8. The molecule has 0 amide bonds. The van der Waals surface area contributed by atoms with Gasteiger partial charge >= 0.3 is 0 Å². The zero-order chi connectivity index (χ0) is 35.6. The minimum Gasteiger partial charge on any atom is -0.244 e. The Morgan fingerprint density at radius 3 is 1.54 bits per heavy atom. The van der Waals surface area contributed by atoms with Crippen LogP contribution in [0.4, 0.5) is 0 Å². The highest BCUT2D eigenvalue weighted by Crippen LogP contribution is 2.42. The summed E-state index contributed by atoms with van der Waals surface area (Å²) >= 11 is 0. The molecule has 11 aromatic rings. The molecule has 0 radical (unpaired) electrons. The number of aromatic nitrogens is 4. The maximum absolute atomic E-state index is 5.29. The molecule has 4 heteroatoms. The lowest BCUT2D eigenvalue weighted by atomic mass is 9.89. The first-order valence-electron chi connectivity index (χ1n) is 18.2. The Morgan fingerprint density at radius 1 is 0.278 bits per heavy atom. The van der Waals surface area contributed by atoms with Crippen molar-refractivity contribution in [2.24, 2.45) is 0 Å². The molecule has 0 fully saturated rings. The Kier molecular flexibility index (Phi) is 6.82. The summed E-state index contributed by atoms with van der Waals surface area (Å²) in [5.41, 5.74) is 5.66. The van der Waals surface area contributed by atoms with E-state index >= 15 is 0 Å². The van der Waals surface area contributed by atoms with E-state index in [2.05, 4.69) is 146 Å². The van der Waals surface area contributed by atoms with Gasteiger partial charge in [-0.25, -0.2) is 19.9 Å². The van der Waals surface area contributed by atoms with Crippen LogP contribution in [-0.2, 0) is 0 Å². The van der Waals surface area contributed by atoms with Crippen LogP contribution in [0, 0.1) is 0 Å². The van der Waals surface area contributed by atoms with Gasteiger partial charge in [0.25, 0.3) is 0 Å². The molecule has 0 saturated heterocycles. The smallest absolute Gasteiger partial charge is 0.182 e. The Hall–Kier alpha value is -7.30. The van der Waals surface area contributed by atoms with Crippen molar-refractivity contribution in [3.8, 4) is 45.4 Å². The fourth-order valence-corrected chi connectivity index (χ4v) is 8.13. The normalized spacial score (nSPS) is 11.7. The van der Waals surface area contributed by atoms with Crippen LogP contribution < -0.4 is 0 Å². The van der Waals surface area contributed by atoms with Crippen LogP contribution >= 0.6 is 0 Å². The van der Waals surface area contributed by atoms with E-state index in [0.29, 0.717) is 23.2 Å². The van der Waals surface area contributed by atoms with Crippen LogP contribution in [0.3, 0.4) is 0 Å². The first-order valence-corrected chi connectivity index (χ1v) is 18.2. The minimum atomic E-state index is 0.531. The topological polar surface area (TPSA) is 51.6 Å². The number of hydrogen-bond acceptors (Lipinski definition) is 4. The third-order valence-corrected chi connectivity index (χ3v) is 10.7. The minimum absolute atomic E-state index is 0.531. The Labute approximate surface area is 311 Å². The van der Waals surface area contributed by atoms with E-state index in [9.17, 15) is 0 Å². The molecule has 54 heavy (non-hydrogen) atoms.